The van der Waals surface area contributed by atoms with Crippen LogP contribution < -0.4 is 15.4 Å². The monoisotopic (exact) mass is 328 g/mol. The first-order valence-corrected chi connectivity index (χ1v) is 7.65. The fourth-order valence-corrected chi connectivity index (χ4v) is 1.94. The number of amides is 1. The van der Waals surface area contributed by atoms with Crippen molar-refractivity contribution in [2.75, 3.05) is 25.5 Å². The maximum absolute atomic E-state index is 11.5. The summed E-state index contributed by atoms with van der Waals surface area (Å²) < 4.78 is 10.5. The summed E-state index contributed by atoms with van der Waals surface area (Å²) in [5.41, 5.74) is 1.40. The second kappa shape index (κ2) is 8.13. The number of aryl methyl sites for hydroxylation is 1. The number of hydrogen-bond acceptors (Lipinski definition) is 4. The average Bonchev–Trinajstić information content (AvgIpc) is 2.39. The van der Waals surface area contributed by atoms with Crippen molar-refractivity contribution in [2.24, 2.45) is 0 Å². The van der Waals surface area contributed by atoms with Gasteiger partial charge in [-0.05, 0) is 45.7 Å². The van der Waals surface area contributed by atoms with E-state index in [0.29, 0.717) is 23.9 Å². The normalized spacial score (nSPS) is 11.0. The highest BCUT2D eigenvalue weighted by molar-refractivity contribution is 6.31. The molecule has 5 nitrogen and oxygen atoms in total. The SMILES string of the molecule is COc1cc(Cl)c(C)cc1NCCCNC(=O)OC(C)(C)C. The summed E-state index contributed by atoms with van der Waals surface area (Å²) in [4.78, 5) is 11.5. The molecular formula is C16H25ClN2O3. The van der Waals surface area contributed by atoms with Gasteiger partial charge in [-0.1, -0.05) is 11.6 Å². The Labute approximate surface area is 137 Å². The van der Waals surface area contributed by atoms with E-state index in [9.17, 15) is 4.79 Å². The fraction of sp³-hybridized carbons (Fsp3) is 0.562. The number of anilines is 1. The van der Waals surface area contributed by atoms with E-state index in [4.69, 9.17) is 21.1 Å². The number of rotatable bonds is 6. The van der Waals surface area contributed by atoms with Gasteiger partial charge in [0.1, 0.15) is 11.4 Å². The van der Waals surface area contributed by atoms with E-state index >= 15 is 0 Å². The van der Waals surface area contributed by atoms with Crippen molar-refractivity contribution in [3.63, 3.8) is 0 Å². The van der Waals surface area contributed by atoms with Crippen LogP contribution in [0.5, 0.6) is 5.75 Å². The van der Waals surface area contributed by atoms with Gasteiger partial charge in [-0.2, -0.15) is 0 Å². The lowest BCUT2D eigenvalue weighted by Crippen LogP contribution is -2.33. The van der Waals surface area contributed by atoms with Gasteiger partial charge in [0.15, 0.2) is 0 Å². The lowest BCUT2D eigenvalue weighted by atomic mass is 10.2. The van der Waals surface area contributed by atoms with Gasteiger partial charge in [-0.15, -0.1) is 0 Å². The van der Waals surface area contributed by atoms with Crippen LogP contribution in [-0.2, 0) is 4.74 Å². The Morgan fingerprint density at radius 3 is 2.55 bits per heavy atom. The molecule has 1 aromatic rings. The van der Waals surface area contributed by atoms with Crippen molar-refractivity contribution in [3.8, 4) is 5.75 Å². The number of halogens is 1. The maximum Gasteiger partial charge on any atom is 0.407 e. The van der Waals surface area contributed by atoms with Gasteiger partial charge in [-0.3, -0.25) is 0 Å². The van der Waals surface area contributed by atoms with Crippen molar-refractivity contribution >= 4 is 23.4 Å². The van der Waals surface area contributed by atoms with E-state index in [1.165, 1.54) is 0 Å². The number of alkyl carbamates (subject to hydrolysis) is 1. The minimum atomic E-state index is -0.476. The zero-order chi connectivity index (χ0) is 16.8. The minimum Gasteiger partial charge on any atom is -0.495 e. The fourth-order valence-electron chi connectivity index (χ4n) is 1.79. The molecule has 124 valence electrons. The molecule has 0 heterocycles. The first-order chi connectivity index (χ1) is 10.2. The van der Waals surface area contributed by atoms with Gasteiger partial charge in [0.2, 0.25) is 0 Å². The predicted molar refractivity (Wildman–Crippen MR) is 90.1 cm³/mol. The Morgan fingerprint density at radius 2 is 1.95 bits per heavy atom. The Hall–Kier alpha value is -1.62. The van der Waals surface area contributed by atoms with Crippen molar-refractivity contribution < 1.29 is 14.3 Å². The second-order valence-electron chi connectivity index (χ2n) is 6.01. The Bertz CT molecular complexity index is 513. The highest BCUT2D eigenvalue weighted by atomic mass is 35.5. The summed E-state index contributed by atoms with van der Waals surface area (Å²) in [5.74, 6) is 0.704. The van der Waals surface area contributed by atoms with Crippen LogP contribution >= 0.6 is 11.6 Å². The molecule has 0 atom stereocenters. The highest BCUT2D eigenvalue weighted by Gasteiger charge is 2.15. The number of nitrogens with one attached hydrogen (secondary N) is 2. The maximum atomic E-state index is 11.5. The van der Waals surface area contributed by atoms with Crippen LogP contribution in [0.25, 0.3) is 0 Å². The molecule has 0 aliphatic heterocycles. The molecule has 2 N–H and O–H groups in total. The Morgan fingerprint density at radius 1 is 1.27 bits per heavy atom. The van der Waals surface area contributed by atoms with E-state index in [-0.39, 0.29) is 0 Å². The Kier molecular flexibility index (Phi) is 6.81. The molecular weight excluding hydrogens is 304 g/mol. The minimum absolute atomic E-state index is 0.396. The topological polar surface area (TPSA) is 59.6 Å². The number of hydrogen-bond donors (Lipinski definition) is 2. The van der Waals surface area contributed by atoms with Crippen molar-refractivity contribution in [1.82, 2.24) is 5.32 Å². The molecule has 0 bridgehead atoms. The quantitative estimate of drug-likeness (QED) is 0.775. The summed E-state index contributed by atoms with van der Waals surface area (Å²) in [6.07, 6.45) is 0.372. The van der Waals surface area contributed by atoms with Crippen molar-refractivity contribution in [2.45, 2.75) is 39.7 Å². The standard InChI is InChI=1S/C16H25ClN2O3/c1-11-9-13(14(21-5)10-12(11)17)18-7-6-8-19-15(20)22-16(2,3)4/h9-10,18H,6-8H2,1-5H3,(H,19,20). The van der Waals surface area contributed by atoms with Gasteiger partial charge in [0.05, 0.1) is 12.8 Å². The summed E-state index contributed by atoms with van der Waals surface area (Å²) in [6.45, 7) is 8.69. The molecule has 0 unspecified atom stereocenters. The smallest absolute Gasteiger partial charge is 0.407 e. The molecule has 22 heavy (non-hydrogen) atoms. The molecule has 6 heteroatoms. The van der Waals surface area contributed by atoms with Crippen LogP contribution in [0.2, 0.25) is 5.02 Å². The molecule has 1 rings (SSSR count). The van der Waals surface area contributed by atoms with Crippen LogP contribution in [0.1, 0.15) is 32.8 Å². The average molecular weight is 329 g/mol. The van der Waals surface area contributed by atoms with Crippen LogP contribution in [-0.4, -0.2) is 31.9 Å². The lowest BCUT2D eigenvalue weighted by Gasteiger charge is -2.19. The van der Waals surface area contributed by atoms with E-state index in [2.05, 4.69) is 10.6 Å². The zero-order valence-corrected chi connectivity index (χ0v) is 14.6. The van der Waals surface area contributed by atoms with Crippen LogP contribution in [0.15, 0.2) is 12.1 Å². The van der Waals surface area contributed by atoms with Gasteiger partial charge >= 0.3 is 6.09 Å². The number of methoxy groups -OCH3 is 1. The van der Waals surface area contributed by atoms with Crippen LogP contribution in [0.4, 0.5) is 10.5 Å². The van der Waals surface area contributed by atoms with Gasteiger partial charge in [0, 0.05) is 24.2 Å². The first kappa shape index (κ1) is 18.4. The van der Waals surface area contributed by atoms with E-state index < -0.39 is 11.7 Å². The van der Waals surface area contributed by atoms with E-state index in [1.807, 2.05) is 33.8 Å². The van der Waals surface area contributed by atoms with Crippen molar-refractivity contribution in [3.05, 3.63) is 22.7 Å². The number of ether oxygens (including phenoxy) is 2. The molecule has 0 aromatic heterocycles. The molecule has 1 amide bonds. The summed E-state index contributed by atoms with van der Waals surface area (Å²) in [5, 5.41) is 6.67. The largest absolute Gasteiger partial charge is 0.495 e. The molecule has 0 aliphatic rings. The van der Waals surface area contributed by atoms with Gasteiger partial charge in [0.25, 0.3) is 0 Å². The third-order valence-electron chi connectivity index (χ3n) is 2.82. The molecule has 1 aromatic carbocycles. The van der Waals surface area contributed by atoms with Crippen LogP contribution in [0.3, 0.4) is 0 Å². The highest BCUT2D eigenvalue weighted by Crippen LogP contribution is 2.30. The molecule has 0 radical (unpaired) electrons. The predicted octanol–water partition coefficient (Wildman–Crippen LogP) is 3.98. The first-order valence-electron chi connectivity index (χ1n) is 7.28. The molecule has 0 saturated heterocycles. The van der Waals surface area contributed by atoms with Gasteiger partial charge in [-0.25, -0.2) is 4.79 Å². The molecule has 0 fully saturated rings. The third-order valence-corrected chi connectivity index (χ3v) is 3.23. The van der Waals surface area contributed by atoms with Crippen molar-refractivity contribution in [1.29, 1.82) is 0 Å². The lowest BCUT2D eigenvalue weighted by molar-refractivity contribution is 0.0528. The third kappa shape index (κ3) is 6.43. The molecule has 0 saturated carbocycles. The number of carbonyl (C=O) groups excluding carboxylic acids is 1. The second-order valence-corrected chi connectivity index (χ2v) is 6.42. The summed E-state index contributed by atoms with van der Waals surface area (Å²) in [6, 6.07) is 3.74. The molecule has 0 aliphatic carbocycles. The van der Waals surface area contributed by atoms with E-state index in [1.54, 1.807) is 13.2 Å². The summed E-state index contributed by atoms with van der Waals surface area (Å²) >= 11 is 6.07. The van der Waals surface area contributed by atoms with Crippen LogP contribution in [0, 0.1) is 6.92 Å². The number of carbonyl (C=O) groups is 1. The van der Waals surface area contributed by atoms with E-state index in [0.717, 1.165) is 17.7 Å². The van der Waals surface area contributed by atoms with Gasteiger partial charge < -0.3 is 20.1 Å². The number of benzene rings is 1. The molecule has 0 spiro atoms. The zero-order valence-electron chi connectivity index (χ0n) is 13.9. The summed E-state index contributed by atoms with van der Waals surface area (Å²) in [7, 11) is 1.61. The Balaban J connectivity index is 2.36.